The number of benzene rings is 1. The van der Waals surface area contributed by atoms with Crippen molar-refractivity contribution in [3.05, 3.63) is 54.2 Å². The topological polar surface area (TPSA) is 43.2 Å². The third-order valence-corrected chi connectivity index (χ3v) is 7.43. The molecule has 1 aromatic carbocycles. The van der Waals surface area contributed by atoms with Gasteiger partial charge in [-0.2, -0.15) is 13.2 Å². The van der Waals surface area contributed by atoms with Gasteiger partial charge in [0.25, 0.3) is 0 Å². The van der Waals surface area contributed by atoms with Crippen LogP contribution in [0.4, 0.5) is 13.2 Å². The van der Waals surface area contributed by atoms with Gasteiger partial charge in [-0.15, -0.1) is 11.8 Å². The number of hydrogen-bond acceptors (Lipinski definition) is 5. The van der Waals surface area contributed by atoms with Crippen molar-refractivity contribution in [1.29, 1.82) is 0 Å². The predicted octanol–water partition coefficient (Wildman–Crippen LogP) is 6.20. The second kappa shape index (κ2) is 11.6. The van der Waals surface area contributed by atoms with Gasteiger partial charge in [0.15, 0.2) is 0 Å². The molecule has 3 heterocycles. The molecule has 0 bridgehead atoms. The second-order valence-electron chi connectivity index (χ2n) is 8.66. The Kier molecular flexibility index (Phi) is 8.50. The fourth-order valence-electron chi connectivity index (χ4n) is 4.22. The minimum Gasteiger partial charge on any atom is -0.379 e. The Morgan fingerprint density at radius 2 is 1.85 bits per heavy atom. The summed E-state index contributed by atoms with van der Waals surface area (Å²) in [6.07, 6.45) is 5.76. The zero-order valence-corrected chi connectivity index (χ0v) is 20.2. The van der Waals surface area contributed by atoms with Gasteiger partial charge in [-0.05, 0) is 43.7 Å². The molecule has 2 aromatic heterocycles. The maximum Gasteiger partial charge on any atom is 0.416 e. The molecule has 0 saturated carbocycles. The van der Waals surface area contributed by atoms with E-state index in [0.717, 1.165) is 92.4 Å². The average Bonchev–Trinajstić information content (AvgIpc) is 3.31. The van der Waals surface area contributed by atoms with Gasteiger partial charge in [-0.25, -0.2) is 4.98 Å². The first-order valence-electron chi connectivity index (χ1n) is 11.8. The Labute approximate surface area is 202 Å². The van der Waals surface area contributed by atoms with Crippen LogP contribution in [-0.2, 0) is 17.5 Å². The number of aromatic nitrogens is 3. The van der Waals surface area contributed by atoms with Crippen LogP contribution in [0.2, 0.25) is 0 Å². The minimum atomic E-state index is -4.35. The van der Waals surface area contributed by atoms with E-state index in [4.69, 9.17) is 4.74 Å². The number of aryl methyl sites for hydroxylation is 1. The molecule has 1 unspecified atom stereocenters. The Bertz CT molecular complexity index is 1070. The molecule has 0 N–H and O–H groups in total. The third kappa shape index (κ3) is 6.52. The minimum absolute atomic E-state index is 0.312. The SMILES string of the molecule is CC(c1cn(CCCCCCSc2ccnc3cc(C(F)(F)F)ccc23)cn1)N1CCOCC1. The molecule has 1 fully saturated rings. The standard InChI is InChI=1S/C25H31F3N4OS/c1-19(32-11-13-33-14-12-32)23-17-31(18-30-23)10-4-2-3-5-15-34-24-8-9-29-22-16-20(25(26,27)28)6-7-21(22)24/h6-9,16-19H,2-5,10-15H2,1H3. The van der Waals surface area contributed by atoms with Crippen LogP contribution < -0.4 is 0 Å². The van der Waals surface area contributed by atoms with Crippen LogP contribution in [0.5, 0.6) is 0 Å². The second-order valence-corrected chi connectivity index (χ2v) is 9.80. The fraction of sp³-hybridized carbons (Fsp3) is 0.520. The van der Waals surface area contributed by atoms with E-state index < -0.39 is 11.7 Å². The maximum absolute atomic E-state index is 12.9. The molecule has 3 aromatic rings. The quantitative estimate of drug-likeness (QED) is 0.249. The smallest absolute Gasteiger partial charge is 0.379 e. The number of halogens is 3. The number of imidazole rings is 1. The van der Waals surface area contributed by atoms with Gasteiger partial charge >= 0.3 is 6.18 Å². The zero-order chi connectivity index (χ0) is 24.0. The van der Waals surface area contributed by atoms with Gasteiger partial charge in [0.1, 0.15) is 0 Å². The summed E-state index contributed by atoms with van der Waals surface area (Å²) in [6, 6.07) is 5.99. The molecule has 0 radical (unpaired) electrons. The van der Waals surface area contributed by atoms with Crippen LogP contribution in [0.3, 0.4) is 0 Å². The molecule has 184 valence electrons. The Balaban J connectivity index is 1.17. The molecule has 0 amide bonds. The van der Waals surface area contributed by atoms with Gasteiger partial charge in [0.05, 0.1) is 42.4 Å². The number of hydrogen-bond donors (Lipinski definition) is 0. The molecular formula is C25H31F3N4OS. The van der Waals surface area contributed by atoms with Crippen molar-refractivity contribution < 1.29 is 17.9 Å². The zero-order valence-electron chi connectivity index (χ0n) is 19.4. The van der Waals surface area contributed by atoms with E-state index in [1.54, 1.807) is 18.0 Å². The van der Waals surface area contributed by atoms with Crippen LogP contribution in [0.1, 0.15) is 49.9 Å². The number of fused-ring (bicyclic) bond motifs is 1. The highest BCUT2D eigenvalue weighted by Crippen LogP contribution is 2.34. The maximum atomic E-state index is 12.9. The average molecular weight is 493 g/mol. The van der Waals surface area contributed by atoms with Gasteiger partial charge in [-0.3, -0.25) is 9.88 Å². The van der Waals surface area contributed by atoms with Crippen LogP contribution in [0.25, 0.3) is 10.9 Å². The number of unbranched alkanes of at least 4 members (excludes halogenated alkanes) is 3. The number of ether oxygens (including phenoxy) is 1. The molecular weight excluding hydrogens is 461 g/mol. The first-order chi connectivity index (χ1) is 16.4. The van der Waals surface area contributed by atoms with E-state index in [2.05, 4.69) is 32.6 Å². The number of rotatable bonds is 10. The van der Waals surface area contributed by atoms with E-state index in [-0.39, 0.29) is 0 Å². The highest BCUT2D eigenvalue weighted by molar-refractivity contribution is 7.99. The lowest BCUT2D eigenvalue weighted by Gasteiger charge is -2.31. The first kappa shape index (κ1) is 25.0. The summed E-state index contributed by atoms with van der Waals surface area (Å²) in [5.74, 6) is 0.937. The van der Waals surface area contributed by atoms with E-state index >= 15 is 0 Å². The van der Waals surface area contributed by atoms with Gasteiger partial charge in [0.2, 0.25) is 0 Å². The lowest BCUT2D eigenvalue weighted by molar-refractivity contribution is -0.137. The van der Waals surface area contributed by atoms with E-state index in [1.165, 1.54) is 6.07 Å². The summed E-state index contributed by atoms with van der Waals surface area (Å²) < 4.78 is 46.4. The van der Waals surface area contributed by atoms with Crippen LogP contribution in [0, 0.1) is 0 Å². The molecule has 0 spiro atoms. The van der Waals surface area contributed by atoms with Gasteiger partial charge in [-0.1, -0.05) is 18.9 Å². The van der Waals surface area contributed by atoms with Gasteiger partial charge in [0, 0.05) is 42.3 Å². The molecule has 1 aliphatic rings. The van der Waals surface area contributed by atoms with Crippen molar-refractivity contribution in [3.8, 4) is 0 Å². The van der Waals surface area contributed by atoms with E-state index in [0.29, 0.717) is 11.6 Å². The molecule has 34 heavy (non-hydrogen) atoms. The Morgan fingerprint density at radius 3 is 2.65 bits per heavy atom. The summed E-state index contributed by atoms with van der Waals surface area (Å²) in [5.41, 5.74) is 0.850. The Morgan fingerprint density at radius 1 is 1.06 bits per heavy atom. The van der Waals surface area contributed by atoms with Crippen molar-refractivity contribution in [1.82, 2.24) is 19.4 Å². The molecule has 1 atom stereocenters. The van der Waals surface area contributed by atoms with Crippen LogP contribution in [0.15, 0.2) is 47.9 Å². The summed E-state index contributed by atoms with van der Waals surface area (Å²) in [6.45, 7) is 6.66. The fourth-order valence-corrected chi connectivity index (χ4v) is 5.28. The van der Waals surface area contributed by atoms with Crippen molar-refractivity contribution >= 4 is 22.7 Å². The monoisotopic (exact) mass is 492 g/mol. The number of alkyl halides is 3. The molecule has 5 nitrogen and oxygen atoms in total. The highest BCUT2D eigenvalue weighted by Gasteiger charge is 2.30. The molecule has 0 aliphatic carbocycles. The van der Waals surface area contributed by atoms with Crippen LogP contribution in [-0.4, -0.2) is 51.5 Å². The largest absolute Gasteiger partial charge is 0.416 e. The van der Waals surface area contributed by atoms with E-state index in [1.807, 2.05) is 12.4 Å². The normalized spacial score (nSPS) is 16.2. The highest BCUT2D eigenvalue weighted by atomic mass is 32.2. The molecule has 1 saturated heterocycles. The number of thioether (sulfide) groups is 1. The third-order valence-electron chi connectivity index (χ3n) is 6.27. The number of nitrogens with zero attached hydrogens (tertiary/aromatic N) is 4. The number of morpholine rings is 1. The first-order valence-corrected chi connectivity index (χ1v) is 12.8. The number of pyridine rings is 1. The van der Waals surface area contributed by atoms with E-state index in [9.17, 15) is 13.2 Å². The summed E-state index contributed by atoms with van der Waals surface area (Å²) in [5, 5.41) is 0.780. The lowest BCUT2D eigenvalue weighted by Crippen LogP contribution is -2.38. The van der Waals surface area contributed by atoms with Crippen molar-refractivity contribution in [3.63, 3.8) is 0 Å². The Hall–Kier alpha value is -2.10. The molecule has 9 heteroatoms. The van der Waals surface area contributed by atoms with Crippen molar-refractivity contribution in [2.24, 2.45) is 0 Å². The summed E-state index contributed by atoms with van der Waals surface area (Å²) in [7, 11) is 0. The molecule has 4 rings (SSSR count). The summed E-state index contributed by atoms with van der Waals surface area (Å²) in [4.78, 5) is 12.1. The lowest BCUT2D eigenvalue weighted by atomic mass is 10.1. The van der Waals surface area contributed by atoms with Crippen molar-refractivity contribution in [2.75, 3.05) is 32.1 Å². The molecule has 1 aliphatic heterocycles. The van der Waals surface area contributed by atoms with Crippen LogP contribution >= 0.6 is 11.8 Å². The predicted molar refractivity (Wildman–Crippen MR) is 129 cm³/mol. The summed E-state index contributed by atoms with van der Waals surface area (Å²) >= 11 is 1.69. The van der Waals surface area contributed by atoms with Crippen molar-refractivity contribution in [2.45, 2.75) is 56.3 Å². The van der Waals surface area contributed by atoms with Gasteiger partial charge < -0.3 is 9.30 Å².